The molecule has 1 aliphatic carbocycles. The summed E-state index contributed by atoms with van der Waals surface area (Å²) in [5.74, 6) is -1.68. The molecule has 3 aromatic rings. The standard InChI is InChI=1S/C23H21N3O5S/c1-13(22(28)29)26-21(27)19-10-24-20(32-19)11-25-23(30)31-12-18-16-8-4-2-6-14(16)15-7-3-5-9-17(15)18/h2-10,13,18H,11-12H2,1H3,(H,25,30)(H,26,27)(H,28,29). The number of rotatable bonds is 7. The number of aromatic nitrogens is 1. The zero-order chi connectivity index (χ0) is 22.7. The number of nitrogens with one attached hydrogen (secondary N) is 2. The SMILES string of the molecule is CC(NC(=O)c1cnc(CNC(=O)OCC2c3ccccc3-c3ccccc32)s1)C(=O)O. The molecule has 1 aliphatic rings. The molecular weight excluding hydrogens is 430 g/mol. The molecule has 0 fully saturated rings. The van der Waals surface area contributed by atoms with Gasteiger partial charge in [0.1, 0.15) is 22.5 Å². The fourth-order valence-corrected chi connectivity index (χ4v) is 4.38. The molecule has 1 aromatic heterocycles. The van der Waals surface area contributed by atoms with Gasteiger partial charge in [0.2, 0.25) is 0 Å². The molecule has 8 nitrogen and oxygen atoms in total. The third kappa shape index (κ3) is 4.47. The van der Waals surface area contributed by atoms with Crippen LogP contribution in [0.3, 0.4) is 0 Å². The molecule has 4 rings (SSSR count). The van der Waals surface area contributed by atoms with E-state index >= 15 is 0 Å². The molecule has 0 spiro atoms. The first kappa shape index (κ1) is 21.5. The lowest BCUT2D eigenvalue weighted by atomic mass is 9.98. The van der Waals surface area contributed by atoms with Crippen molar-refractivity contribution in [2.45, 2.75) is 25.4 Å². The zero-order valence-corrected chi connectivity index (χ0v) is 18.0. The second kappa shape index (κ2) is 9.19. The van der Waals surface area contributed by atoms with Crippen LogP contribution in [0.15, 0.2) is 54.7 Å². The molecule has 1 unspecified atom stereocenters. The van der Waals surface area contributed by atoms with E-state index < -0.39 is 24.0 Å². The monoisotopic (exact) mass is 451 g/mol. The lowest BCUT2D eigenvalue weighted by Crippen LogP contribution is -2.37. The summed E-state index contributed by atoms with van der Waals surface area (Å²) in [6.45, 7) is 1.68. The molecule has 9 heteroatoms. The minimum absolute atomic E-state index is 0.0282. The Morgan fingerprint density at radius 2 is 1.72 bits per heavy atom. The number of aliphatic carboxylic acids is 1. The van der Waals surface area contributed by atoms with Crippen molar-refractivity contribution in [1.82, 2.24) is 15.6 Å². The normalized spacial score (nSPS) is 13.0. The highest BCUT2D eigenvalue weighted by Crippen LogP contribution is 2.44. The second-order valence-electron chi connectivity index (χ2n) is 7.33. The van der Waals surface area contributed by atoms with Crippen LogP contribution < -0.4 is 10.6 Å². The van der Waals surface area contributed by atoms with E-state index in [1.807, 2.05) is 24.3 Å². The highest BCUT2D eigenvalue weighted by Gasteiger charge is 2.29. The van der Waals surface area contributed by atoms with Gasteiger partial charge in [-0.25, -0.2) is 9.78 Å². The maximum atomic E-state index is 12.3. The van der Waals surface area contributed by atoms with Crippen molar-refractivity contribution >= 4 is 29.3 Å². The van der Waals surface area contributed by atoms with Gasteiger partial charge in [0.05, 0.1) is 12.7 Å². The molecule has 0 radical (unpaired) electrons. The number of nitrogens with zero attached hydrogens (tertiary/aromatic N) is 1. The van der Waals surface area contributed by atoms with Gasteiger partial charge >= 0.3 is 12.1 Å². The molecule has 0 saturated heterocycles. The average molecular weight is 452 g/mol. The third-order valence-corrected chi connectivity index (χ3v) is 6.22. The summed E-state index contributed by atoms with van der Waals surface area (Å²) >= 11 is 1.08. The predicted octanol–water partition coefficient (Wildman–Crippen LogP) is 3.38. The highest BCUT2D eigenvalue weighted by atomic mass is 32.1. The minimum atomic E-state index is -1.12. The van der Waals surface area contributed by atoms with E-state index in [4.69, 9.17) is 9.84 Å². The Hall–Kier alpha value is -3.72. The number of carboxylic acid groups (broad SMARTS) is 1. The Morgan fingerprint density at radius 1 is 1.09 bits per heavy atom. The van der Waals surface area contributed by atoms with Crippen LogP contribution in [-0.2, 0) is 16.1 Å². The van der Waals surface area contributed by atoms with Crippen molar-refractivity contribution in [3.63, 3.8) is 0 Å². The first-order valence-corrected chi connectivity index (χ1v) is 10.8. The maximum Gasteiger partial charge on any atom is 0.407 e. The summed E-state index contributed by atoms with van der Waals surface area (Å²) in [6, 6.07) is 15.2. The Bertz CT molecular complexity index is 1130. The third-order valence-electron chi connectivity index (χ3n) is 5.22. The fraction of sp³-hybridized carbons (Fsp3) is 0.217. The van der Waals surface area contributed by atoms with E-state index in [-0.39, 0.29) is 23.9 Å². The van der Waals surface area contributed by atoms with Crippen LogP contribution in [0.2, 0.25) is 0 Å². The number of benzene rings is 2. The first-order valence-electron chi connectivity index (χ1n) is 10.0. The molecule has 0 bridgehead atoms. The molecule has 0 saturated carbocycles. The van der Waals surface area contributed by atoms with Gasteiger partial charge in [0.25, 0.3) is 5.91 Å². The van der Waals surface area contributed by atoms with Gasteiger partial charge in [-0.2, -0.15) is 0 Å². The van der Waals surface area contributed by atoms with Crippen molar-refractivity contribution in [2.75, 3.05) is 6.61 Å². The smallest absolute Gasteiger partial charge is 0.407 e. The van der Waals surface area contributed by atoms with E-state index in [0.717, 1.165) is 33.6 Å². The van der Waals surface area contributed by atoms with Gasteiger partial charge in [-0.15, -0.1) is 11.3 Å². The van der Waals surface area contributed by atoms with Crippen LogP contribution in [0.4, 0.5) is 4.79 Å². The summed E-state index contributed by atoms with van der Waals surface area (Å²) in [5.41, 5.74) is 4.58. The van der Waals surface area contributed by atoms with Gasteiger partial charge in [0, 0.05) is 5.92 Å². The number of amides is 2. The second-order valence-corrected chi connectivity index (χ2v) is 8.45. The van der Waals surface area contributed by atoms with E-state index in [1.165, 1.54) is 13.1 Å². The summed E-state index contributed by atoms with van der Waals surface area (Å²) in [5, 5.41) is 14.4. The summed E-state index contributed by atoms with van der Waals surface area (Å²) in [4.78, 5) is 39.5. The average Bonchev–Trinajstić information content (AvgIpc) is 3.39. The number of thiazole rings is 1. The van der Waals surface area contributed by atoms with Crippen molar-refractivity contribution in [2.24, 2.45) is 0 Å². The highest BCUT2D eigenvalue weighted by molar-refractivity contribution is 7.13. The quantitative estimate of drug-likeness (QED) is 0.507. The molecule has 2 amide bonds. The van der Waals surface area contributed by atoms with E-state index in [0.29, 0.717) is 5.01 Å². The van der Waals surface area contributed by atoms with E-state index in [1.54, 1.807) is 0 Å². The predicted molar refractivity (Wildman–Crippen MR) is 119 cm³/mol. The Kier molecular flexibility index (Phi) is 6.18. The number of hydrogen-bond acceptors (Lipinski definition) is 6. The van der Waals surface area contributed by atoms with Crippen LogP contribution in [0.25, 0.3) is 11.1 Å². The number of ether oxygens (including phenoxy) is 1. The van der Waals surface area contributed by atoms with Crippen molar-refractivity contribution in [1.29, 1.82) is 0 Å². The number of carboxylic acids is 1. The largest absolute Gasteiger partial charge is 0.480 e. The van der Waals surface area contributed by atoms with Crippen molar-refractivity contribution in [3.8, 4) is 11.1 Å². The summed E-state index contributed by atoms with van der Waals surface area (Å²) < 4.78 is 5.48. The van der Waals surface area contributed by atoms with Gasteiger partial charge in [-0.05, 0) is 29.2 Å². The maximum absolute atomic E-state index is 12.3. The fourth-order valence-electron chi connectivity index (χ4n) is 3.62. The van der Waals surface area contributed by atoms with E-state index in [9.17, 15) is 14.4 Å². The number of alkyl carbamates (subject to hydrolysis) is 1. The lowest BCUT2D eigenvalue weighted by Gasteiger charge is -2.14. The number of fused-ring (bicyclic) bond motifs is 3. The molecule has 3 N–H and O–H groups in total. The van der Waals surface area contributed by atoms with Gasteiger partial charge in [0.15, 0.2) is 0 Å². The van der Waals surface area contributed by atoms with Gasteiger partial charge in [-0.1, -0.05) is 48.5 Å². The number of carbonyl (C=O) groups is 3. The topological polar surface area (TPSA) is 118 Å². The molecule has 32 heavy (non-hydrogen) atoms. The number of carbonyl (C=O) groups excluding carboxylic acids is 2. The van der Waals surface area contributed by atoms with Crippen LogP contribution >= 0.6 is 11.3 Å². The summed E-state index contributed by atoms with van der Waals surface area (Å²) in [6.07, 6.45) is 0.774. The molecule has 1 heterocycles. The van der Waals surface area contributed by atoms with Crippen molar-refractivity contribution < 1.29 is 24.2 Å². The van der Waals surface area contributed by atoms with Gasteiger partial charge in [-0.3, -0.25) is 9.59 Å². The van der Waals surface area contributed by atoms with Crippen LogP contribution in [0.1, 0.15) is 38.6 Å². The van der Waals surface area contributed by atoms with E-state index in [2.05, 4.69) is 39.9 Å². The molecule has 1 atom stereocenters. The Labute approximate surface area is 188 Å². The van der Waals surface area contributed by atoms with Crippen molar-refractivity contribution in [3.05, 3.63) is 75.7 Å². The van der Waals surface area contributed by atoms with Crippen LogP contribution in [0.5, 0.6) is 0 Å². The Morgan fingerprint density at radius 3 is 2.34 bits per heavy atom. The van der Waals surface area contributed by atoms with Crippen LogP contribution in [0, 0.1) is 0 Å². The molecule has 164 valence electrons. The Balaban J connectivity index is 1.32. The first-order chi connectivity index (χ1) is 15.4. The number of hydrogen-bond donors (Lipinski definition) is 3. The molecular formula is C23H21N3O5S. The molecule has 0 aliphatic heterocycles. The van der Waals surface area contributed by atoms with Crippen LogP contribution in [-0.4, -0.2) is 40.7 Å². The minimum Gasteiger partial charge on any atom is -0.480 e. The molecule has 2 aromatic carbocycles. The van der Waals surface area contributed by atoms with Gasteiger partial charge < -0.3 is 20.5 Å². The zero-order valence-electron chi connectivity index (χ0n) is 17.2. The summed E-state index contributed by atoms with van der Waals surface area (Å²) in [7, 11) is 0. The lowest BCUT2D eigenvalue weighted by molar-refractivity contribution is -0.138.